The summed E-state index contributed by atoms with van der Waals surface area (Å²) in [5, 5.41) is 18.0. The summed E-state index contributed by atoms with van der Waals surface area (Å²) in [6.07, 6.45) is 6.43. The third-order valence-corrected chi connectivity index (χ3v) is 4.35. The van der Waals surface area contributed by atoms with Crippen LogP contribution in [0, 0.1) is 11.8 Å². The molecule has 1 rings (SSSR count). The van der Waals surface area contributed by atoms with E-state index in [0.29, 0.717) is 6.42 Å². The van der Waals surface area contributed by atoms with Crippen molar-refractivity contribution in [1.29, 1.82) is 0 Å². The minimum absolute atomic E-state index is 0. The van der Waals surface area contributed by atoms with Crippen LogP contribution in [0.3, 0.4) is 0 Å². The Morgan fingerprint density at radius 2 is 2.08 bits per heavy atom. The summed E-state index contributed by atoms with van der Waals surface area (Å²) < 4.78 is 0. The van der Waals surface area contributed by atoms with E-state index in [-0.39, 0.29) is 31.6 Å². The first-order valence-corrected chi connectivity index (χ1v) is 8.60. The van der Waals surface area contributed by atoms with E-state index < -0.39 is 11.9 Å². The molecule has 0 fully saturated rings. The molecule has 146 valence electrons. The van der Waals surface area contributed by atoms with Crippen molar-refractivity contribution in [2.24, 2.45) is 11.8 Å². The molecule has 7 nitrogen and oxygen atoms in total. The molecule has 0 bridgehead atoms. The number of aliphatic carboxylic acids is 1. The maximum absolute atomic E-state index is 12.6. The van der Waals surface area contributed by atoms with Gasteiger partial charge in [-0.25, -0.2) is 5.10 Å². The lowest BCUT2D eigenvalue weighted by Gasteiger charge is -2.26. The van der Waals surface area contributed by atoms with E-state index in [1.165, 1.54) is 11.9 Å². The summed E-state index contributed by atoms with van der Waals surface area (Å²) >= 11 is 0. The monoisotopic (exact) mass is 364 g/mol. The number of rotatable bonds is 11. The third kappa shape index (κ3) is 7.63. The first-order chi connectivity index (χ1) is 11.9. The summed E-state index contributed by atoms with van der Waals surface area (Å²) in [5.74, 6) is -2.08. The number of hydrogen-bond donors (Lipinski definition) is 3. The lowest BCUT2D eigenvalue weighted by molar-refractivity contribution is -0.141. The molecule has 1 heterocycles. The summed E-state index contributed by atoms with van der Waals surface area (Å²) in [7, 11) is 0. The Balaban J connectivity index is 0.00000625. The number of hydrogen-bond acceptors (Lipinski definition) is 4. The Hall–Kier alpha value is -2.44. The van der Waals surface area contributed by atoms with Crippen LogP contribution in [-0.2, 0) is 9.59 Å². The largest absolute Gasteiger partial charge is 0.481 e. The van der Waals surface area contributed by atoms with Gasteiger partial charge in [0.2, 0.25) is 11.9 Å². The second-order valence-corrected chi connectivity index (χ2v) is 6.14. The van der Waals surface area contributed by atoms with Crippen LogP contribution in [0.4, 0.5) is 5.95 Å². The van der Waals surface area contributed by atoms with E-state index in [4.69, 9.17) is 0 Å². The number of carbonyl (C=O) groups is 2. The Labute approximate surface area is 156 Å². The van der Waals surface area contributed by atoms with Crippen molar-refractivity contribution in [3.05, 3.63) is 30.1 Å². The molecule has 2 atom stereocenters. The van der Waals surface area contributed by atoms with Crippen LogP contribution >= 0.6 is 0 Å². The zero-order valence-corrected chi connectivity index (χ0v) is 15.2. The average Bonchev–Trinajstić information content (AvgIpc) is 3.06. The highest BCUT2D eigenvalue weighted by atomic mass is 16.4. The number of anilines is 1. The molecule has 3 N–H and O–H groups in total. The summed E-state index contributed by atoms with van der Waals surface area (Å²) in [6, 6.07) is 0. The van der Waals surface area contributed by atoms with Gasteiger partial charge < -0.3 is 5.11 Å². The highest BCUT2D eigenvalue weighted by Crippen LogP contribution is 2.30. The van der Waals surface area contributed by atoms with Crippen LogP contribution in [0.5, 0.6) is 0 Å². The Morgan fingerprint density at radius 1 is 1.38 bits per heavy atom. The molecule has 0 saturated heterocycles. The molecule has 0 spiro atoms. The van der Waals surface area contributed by atoms with Crippen molar-refractivity contribution >= 4 is 17.8 Å². The number of allylic oxidation sites excluding steroid dienone is 3. The second kappa shape index (κ2) is 12.0. The number of nitrogens with zero attached hydrogens (tertiary/aromatic N) is 2. The minimum Gasteiger partial charge on any atom is -0.481 e. The fourth-order valence-corrected chi connectivity index (χ4v) is 2.77. The first-order valence-electron chi connectivity index (χ1n) is 8.60. The molecular formula is C19H32N4O3. The SMILES string of the molecule is C.C=C(CC/C=C(/C)CC)C(CC)C(CC(=O)O)C(=O)Nc1ncn[nH]1. The van der Waals surface area contributed by atoms with E-state index in [0.717, 1.165) is 24.8 Å². The predicted octanol–water partition coefficient (Wildman–Crippen LogP) is 4.19. The van der Waals surface area contributed by atoms with Gasteiger partial charge in [0.05, 0.1) is 12.3 Å². The van der Waals surface area contributed by atoms with Gasteiger partial charge in [0.15, 0.2) is 0 Å². The zero-order valence-electron chi connectivity index (χ0n) is 15.2. The normalized spacial score (nSPS) is 13.4. The summed E-state index contributed by atoms with van der Waals surface area (Å²) in [4.78, 5) is 27.7. The van der Waals surface area contributed by atoms with E-state index in [1.807, 2.05) is 6.92 Å². The molecule has 0 aliphatic carbocycles. The number of aromatic nitrogens is 3. The lowest BCUT2D eigenvalue weighted by atomic mass is 9.80. The molecular weight excluding hydrogens is 332 g/mol. The predicted molar refractivity (Wildman–Crippen MR) is 104 cm³/mol. The molecule has 0 aliphatic heterocycles. The average molecular weight is 364 g/mol. The van der Waals surface area contributed by atoms with Crippen molar-refractivity contribution in [2.75, 3.05) is 5.32 Å². The fourth-order valence-electron chi connectivity index (χ4n) is 2.77. The smallest absolute Gasteiger partial charge is 0.304 e. The van der Waals surface area contributed by atoms with Crippen LogP contribution < -0.4 is 5.32 Å². The van der Waals surface area contributed by atoms with Crippen molar-refractivity contribution in [1.82, 2.24) is 15.2 Å². The number of carboxylic acid groups (broad SMARTS) is 1. The highest BCUT2D eigenvalue weighted by molar-refractivity contribution is 5.93. The fraction of sp³-hybridized carbons (Fsp3) is 0.579. The first kappa shape index (κ1) is 23.6. The van der Waals surface area contributed by atoms with Crippen LogP contribution in [-0.4, -0.2) is 32.2 Å². The van der Waals surface area contributed by atoms with Crippen molar-refractivity contribution in [2.45, 2.75) is 60.3 Å². The summed E-state index contributed by atoms with van der Waals surface area (Å²) in [5.41, 5.74) is 2.22. The van der Waals surface area contributed by atoms with Crippen molar-refractivity contribution in [3.8, 4) is 0 Å². The van der Waals surface area contributed by atoms with Crippen LogP contribution in [0.2, 0.25) is 0 Å². The Morgan fingerprint density at radius 3 is 2.58 bits per heavy atom. The number of carboxylic acids is 1. The van der Waals surface area contributed by atoms with E-state index in [9.17, 15) is 14.7 Å². The zero-order chi connectivity index (χ0) is 18.8. The Bertz CT molecular complexity index is 608. The van der Waals surface area contributed by atoms with Gasteiger partial charge in [-0.05, 0) is 38.5 Å². The summed E-state index contributed by atoms with van der Waals surface area (Å²) in [6.45, 7) is 10.2. The van der Waals surface area contributed by atoms with Crippen LogP contribution in [0.1, 0.15) is 60.3 Å². The minimum atomic E-state index is -1.01. The van der Waals surface area contributed by atoms with Gasteiger partial charge in [0, 0.05) is 0 Å². The van der Waals surface area contributed by atoms with Gasteiger partial charge in [-0.15, -0.1) is 0 Å². The van der Waals surface area contributed by atoms with Gasteiger partial charge in [-0.1, -0.05) is 45.1 Å². The highest BCUT2D eigenvalue weighted by Gasteiger charge is 2.31. The number of H-pyrrole nitrogens is 1. The molecule has 2 unspecified atom stereocenters. The van der Waals surface area contributed by atoms with Crippen molar-refractivity contribution in [3.63, 3.8) is 0 Å². The third-order valence-electron chi connectivity index (χ3n) is 4.35. The molecule has 0 radical (unpaired) electrons. The quantitative estimate of drug-likeness (QED) is 0.510. The van der Waals surface area contributed by atoms with Gasteiger partial charge in [-0.2, -0.15) is 10.1 Å². The molecule has 7 heteroatoms. The van der Waals surface area contributed by atoms with Gasteiger partial charge in [0.25, 0.3) is 0 Å². The van der Waals surface area contributed by atoms with Crippen LogP contribution in [0.15, 0.2) is 30.1 Å². The van der Waals surface area contributed by atoms with Gasteiger partial charge in [0.1, 0.15) is 6.33 Å². The molecule has 0 aliphatic rings. The van der Waals surface area contributed by atoms with E-state index in [1.54, 1.807) is 0 Å². The molecule has 26 heavy (non-hydrogen) atoms. The number of aromatic amines is 1. The van der Waals surface area contributed by atoms with Gasteiger partial charge in [-0.3, -0.25) is 14.9 Å². The molecule has 1 amide bonds. The molecule has 0 saturated carbocycles. The standard InChI is InChI=1S/C18H28N4O3.CH4/c1-5-12(3)8-7-9-13(4)14(6-2)15(10-16(23)24)17(25)21-18-19-11-20-22-18;/h8,11,14-15H,4-7,9-10H2,1-3H3,(H,23,24)(H2,19,20,21,22,25);1H4/b12-8-;. The van der Waals surface area contributed by atoms with Crippen LogP contribution in [0.25, 0.3) is 0 Å². The van der Waals surface area contributed by atoms with E-state index in [2.05, 4.69) is 47.0 Å². The topological polar surface area (TPSA) is 108 Å². The molecule has 1 aromatic heterocycles. The second-order valence-electron chi connectivity index (χ2n) is 6.14. The number of carbonyl (C=O) groups excluding carboxylic acids is 1. The maximum Gasteiger partial charge on any atom is 0.304 e. The molecule has 1 aromatic rings. The Kier molecular flexibility index (Phi) is 10.9. The molecule has 0 aromatic carbocycles. The number of nitrogens with one attached hydrogen (secondary N) is 2. The van der Waals surface area contributed by atoms with E-state index >= 15 is 0 Å². The van der Waals surface area contributed by atoms with Gasteiger partial charge >= 0.3 is 5.97 Å². The lowest BCUT2D eigenvalue weighted by Crippen LogP contribution is -2.32. The van der Waals surface area contributed by atoms with Crippen molar-refractivity contribution < 1.29 is 14.7 Å². The maximum atomic E-state index is 12.6. The number of amides is 1.